The fourth-order valence-electron chi connectivity index (χ4n) is 1.67. The van der Waals surface area contributed by atoms with Gasteiger partial charge in [0.15, 0.2) is 0 Å². The van der Waals surface area contributed by atoms with E-state index in [0.29, 0.717) is 13.2 Å². The van der Waals surface area contributed by atoms with Crippen LogP contribution < -0.4 is 0 Å². The van der Waals surface area contributed by atoms with E-state index in [1.54, 1.807) is 13.8 Å². The zero-order valence-electron chi connectivity index (χ0n) is 15.7. The lowest BCUT2D eigenvalue weighted by atomic mass is 10.3. The maximum Gasteiger partial charge on any atom is 0.320 e. The third-order valence-corrected chi connectivity index (χ3v) is 8.40. The Morgan fingerprint density at radius 3 is 1.92 bits per heavy atom. The van der Waals surface area contributed by atoms with Crippen molar-refractivity contribution in [2.75, 3.05) is 26.4 Å². The fraction of sp³-hybridized carbons (Fsp3) is 0.875. The standard InChI is InChI=1S/C16H31O6PS2/c1-5-9-11-21-23(24,22-12-10-6-2)25-14(16(18)20-8-4)13-15(17)19-7-3/h14H,5-13H2,1-4H3. The molecule has 0 N–H and O–H groups in total. The molecule has 9 heteroatoms. The van der Waals surface area contributed by atoms with E-state index in [4.69, 9.17) is 30.3 Å². The molecule has 0 aromatic rings. The minimum atomic E-state index is -2.75. The van der Waals surface area contributed by atoms with Crippen molar-refractivity contribution < 1.29 is 28.1 Å². The summed E-state index contributed by atoms with van der Waals surface area (Å²) in [7, 11) is 0. The molecule has 0 heterocycles. The van der Waals surface area contributed by atoms with E-state index in [2.05, 4.69) is 13.8 Å². The molecule has 0 aliphatic heterocycles. The van der Waals surface area contributed by atoms with Gasteiger partial charge in [-0.25, -0.2) is 0 Å². The van der Waals surface area contributed by atoms with Crippen LogP contribution in [0.15, 0.2) is 0 Å². The lowest BCUT2D eigenvalue weighted by Gasteiger charge is -2.25. The van der Waals surface area contributed by atoms with Crippen LogP contribution in [0, 0.1) is 0 Å². The van der Waals surface area contributed by atoms with Gasteiger partial charge in [0.1, 0.15) is 5.25 Å². The van der Waals surface area contributed by atoms with Gasteiger partial charge >= 0.3 is 11.9 Å². The summed E-state index contributed by atoms with van der Waals surface area (Å²) < 4.78 is 21.7. The Balaban J connectivity index is 5.07. The molecule has 0 amide bonds. The molecule has 0 aromatic heterocycles. The maximum absolute atomic E-state index is 12.2. The van der Waals surface area contributed by atoms with Crippen LogP contribution in [0.4, 0.5) is 0 Å². The van der Waals surface area contributed by atoms with Crippen LogP contribution in [-0.2, 0) is 39.9 Å². The van der Waals surface area contributed by atoms with Crippen LogP contribution >= 0.6 is 17.1 Å². The van der Waals surface area contributed by atoms with Gasteiger partial charge in [-0.15, -0.1) is 0 Å². The van der Waals surface area contributed by atoms with E-state index >= 15 is 0 Å². The summed E-state index contributed by atoms with van der Waals surface area (Å²) in [6.07, 6.45) is 3.55. The van der Waals surface area contributed by atoms with Crippen LogP contribution in [0.25, 0.3) is 0 Å². The number of carbonyl (C=O) groups is 2. The van der Waals surface area contributed by atoms with Crippen LogP contribution in [0.3, 0.4) is 0 Å². The Labute approximate surface area is 160 Å². The van der Waals surface area contributed by atoms with Gasteiger partial charge in [0.2, 0.25) is 5.69 Å². The zero-order valence-corrected chi connectivity index (χ0v) is 18.2. The molecule has 0 fully saturated rings. The molecule has 0 spiro atoms. The molecule has 0 aliphatic rings. The summed E-state index contributed by atoms with van der Waals surface area (Å²) in [6, 6.07) is 0. The second kappa shape index (κ2) is 15.0. The second-order valence-electron chi connectivity index (χ2n) is 5.18. The highest BCUT2D eigenvalue weighted by Gasteiger charge is 2.33. The number of rotatable bonds is 15. The summed E-state index contributed by atoms with van der Waals surface area (Å²) in [5, 5.41) is -0.784. The highest BCUT2D eigenvalue weighted by atomic mass is 32.9. The predicted octanol–water partition coefficient (Wildman–Crippen LogP) is 4.46. The van der Waals surface area contributed by atoms with Crippen molar-refractivity contribution in [3.63, 3.8) is 0 Å². The number of hydrogen-bond acceptors (Lipinski definition) is 8. The van der Waals surface area contributed by atoms with Crippen molar-refractivity contribution in [1.82, 2.24) is 0 Å². The number of carbonyl (C=O) groups excluding carboxylic acids is 2. The first kappa shape index (κ1) is 24.9. The number of esters is 2. The Morgan fingerprint density at radius 2 is 1.48 bits per heavy atom. The third-order valence-electron chi connectivity index (χ3n) is 2.96. The SMILES string of the molecule is CCCCOP(=S)(OCCCC)SC(CC(=O)OCC)C(=O)OCC. The van der Waals surface area contributed by atoms with Gasteiger partial charge in [0.05, 0.1) is 32.8 Å². The van der Waals surface area contributed by atoms with E-state index < -0.39 is 22.9 Å². The molecule has 25 heavy (non-hydrogen) atoms. The van der Waals surface area contributed by atoms with E-state index in [9.17, 15) is 9.59 Å². The fourth-order valence-corrected chi connectivity index (χ4v) is 6.85. The summed E-state index contributed by atoms with van der Waals surface area (Å²) in [4.78, 5) is 24.1. The smallest absolute Gasteiger partial charge is 0.320 e. The first-order valence-electron chi connectivity index (χ1n) is 8.82. The van der Waals surface area contributed by atoms with Gasteiger partial charge in [-0.05, 0) is 38.5 Å². The van der Waals surface area contributed by atoms with Crippen molar-refractivity contribution in [3.05, 3.63) is 0 Å². The lowest BCUT2D eigenvalue weighted by molar-refractivity contribution is -0.149. The highest BCUT2D eigenvalue weighted by Crippen LogP contribution is 2.63. The van der Waals surface area contributed by atoms with Crippen LogP contribution in [0.2, 0.25) is 0 Å². The van der Waals surface area contributed by atoms with Crippen LogP contribution in [0.1, 0.15) is 59.8 Å². The number of hydrogen-bond donors (Lipinski definition) is 0. The third kappa shape index (κ3) is 12.0. The first-order valence-corrected chi connectivity index (χ1v) is 12.9. The molecule has 0 rings (SSSR count). The van der Waals surface area contributed by atoms with Gasteiger partial charge in [-0.2, -0.15) is 0 Å². The minimum Gasteiger partial charge on any atom is -0.466 e. The minimum absolute atomic E-state index is 0.107. The molecule has 1 atom stereocenters. The molecule has 6 nitrogen and oxygen atoms in total. The second-order valence-corrected chi connectivity index (χ2v) is 11.6. The van der Waals surface area contributed by atoms with E-state index in [-0.39, 0.29) is 19.6 Å². The Kier molecular flexibility index (Phi) is 14.9. The highest BCUT2D eigenvalue weighted by molar-refractivity contribution is 8.68. The molecule has 0 saturated heterocycles. The van der Waals surface area contributed by atoms with Crippen molar-refractivity contribution in [2.24, 2.45) is 0 Å². The monoisotopic (exact) mass is 414 g/mol. The van der Waals surface area contributed by atoms with Crippen molar-refractivity contribution in [2.45, 2.75) is 65.0 Å². The van der Waals surface area contributed by atoms with E-state index in [1.807, 2.05) is 0 Å². The average Bonchev–Trinajstić information content (AvgIpc) is 2.55. The van der Waals surface area contributed by atoms with E-state index in [0.717, 1.165) is 37.1 Å². The molecular formula is C16H31O6PS2. The Bertz CT molecular complexity index is 419. The van der Waals surface area contributed by atoms with Gasteiger partial charge in [0, 0.05) is 0 Å². The van der Waals surface area contributed by atoms with Gasteiger partial charge < -0.3 is 18.5 Å². The molecule has 1 unspecified atom stereocenters. The van der Waals surface area contributed by atoms with Gasteiger partial charge in [-0.3, -0.25) is 9.59 Å². The van der Waals surface area contributed by atoms with Crippen molar-refractivity contribution >= 4 is 40.8 Å². The predicted molar refractivity (Wildman–Crippen MR) is 105 cm³/mol. The molecule has 0 radical (unpaired) electrons. The summed E-state index contributed by atoms with van der Waals surface area (Å²) in [5.74, 6) is -0.954. The first-order chi connectivity index (χ1) is 11.9. The molecule has 0 bridgehead atoms. The normalized spacial score (nSPS) is 12.6. The quantitative estimate of drug-likeness (QED) is 0.221. The summed E-state index contributed by atoms with van der Waals surface area (Å²) >= 11 is 6.70. The molecule has 0 saturated carbocycles. The largest absolute Gasteiger partial charge is 0.466 e. The Morgan fingerprint density at radius 1 is 0.960 bits per heavy atom. The van der Waals surface area contributed by atoms with Crippen LogP contribution in [0.5, 0.6) is 0 Å². The maximum atomic E-state index is 12.2. The summed E-state index contributed by atoms with van der Waals surface area (Å²) in [6.45, 7) is 8.98. The molecule has 0 aliphatic carbocycles. The number of ether oxygens (including phenoxy) is 2. The summed E-state index contributed by atoms with van der Waals surface area (Å²) in [5.41, 5.74) is -2.75. The topological polar surface area (TPSA) is 71.1 Å². The van der Waals surface area contributed by atoms with Gasteiger partial charge in [0.25, 0.3) is 0 Å². The molecule has 148 valence electrons. The molecule has 0 aromatic carbocycles. The lowest BCUT2D eigenvalue weighted by Crippen LogP contribution is -2.24. The van der Waals surface area contributed by atoms with Crippen molar-refractivity contribution in [3.8, 4) is 0 Å². The van der Waals surface area contributed by atoms with E-state index in [1.165, 1.54) is 0 Å². The zero-order chi connectivity index (χ0) is 19.1. The average molecular weight is 415 g/mol. The number of unbranched alkanes of at least 4 members (excludes halogenated alkanes) is 2. The van der Waals surface area contributed by atoms with Gasteiger partial charge in [-0.1, -0.05) is 38.1 Å². The Hall–Kier alpha value is -0.140. The van der Waals surface area contributed by atoms with Crippen molar-refractivity contribution in [1.29, 1.82) is 0 Å². The molecular weight excluding hydrogens is 383 g/mol. The van der Waals surface area contributed by atoms with Crippen LogP contribution in [-0.4, -0.2) is 43.6 Å².